The minimum atomic E-state index is 0.220. The highest BCUT2D eigenvalue weighted by Crippen LogP contribution is 2.35. The zero-order valence-electron chi connectivity index (χ0n) is 12.5. The summed E-state index contributed by atoms with van der Waals surface area (Å²) >= 11 is 0. The predicted molar refractivity (Wildman–Crippen MR) is 75.8 cm³/mol. The lowest BCUT2D eigenvalue weighted by atomic mass is 9.83. The van der Waals surface area contributed by atoms with Crippen molar-refractivity contribution in [2.45, 2.75) is 71.4 Å². The van der Waals surface area contributed by atoms with Crippen LogP contribution in [0.4, 0.5) is 0 Å². The van der Waals surface area contributed by atoms with E-state index in [1.807, 2.05) is 0 Å². The van der Waals surface area contributed by atoms with Gasteiger partial charge in [0.2, 0.25) is 0 Å². The van der Waals surface area contributed by atoms with Crippen LogP contribution in [0.15, 0.2) is 0 Å². The van der Waals surface area contributed by atoms with Gasteiger partial charge in [0, 0.05) is 0 Å². The average Bonchev–Trinajstić information content (AvgIpc) is 2.90. The Morgan fingerprint density at radius 3 is 2.63 bits per heavy atom. The SMILES string of the molecule is CCNC(C)c1nnnn1C(CC)C1CCCCC1. The van der Waals surface area contributed by atoms with Crippen molar-refractivity contribution in [2.75, 3.05) is 6.54 Å². The highest BCUT2D eigenvalue weighted by atomic mass is 15.6. The second-order valence-corrected chi connectivity index (χ2v) is 5.63. The molecule has 0 saturated heterocycles. The van der Waals surface area contributed by atoms with Gasteiger partial charge < -0.3 is 5.32 Å². The van der Waals surface area contributed by atoms with Gasteiger partial charge in [0.05, 0.1) is 12.1 Å². The van der Waals surface area contributed by atoms with Crippen LogP contribution >= 0.6 is 0 Å². The second-order valence-electron chi connectivity index (χ2n) is 5.63. The minimum Gasteiger partial charge on any atom is -0.308 e. The van der Waals surface area contributed by atoms with E-state index in [2.05, 4.69) is 46.3 Å². The number of rotatable bonds is 6. The van der Waals surface area contributed by atoms with Gasteiger partial charge in [0.15, 0.2) is 5.82 Å². The Labute approximate surface area is 116 Å². The van der Waals surface area contributed by atoms with Crippen LogP contribution in [0.1, 0.15) is 77.2 Å². The summed E-state index contributed by atoms with van der Waals surface area (Å²) in [5.74, 6) is 1.73. The highest BCUT2D eigenvalue weighted by molar-refractivity contribution is 4.93. The van der Waals surface area contributed by atoms with Crippen molar-refractivity contribution in [3.63, 3.8) is 0 Å². The standard InChI is InChI=1S/C14H27N5/c1-4-13(12-9-7-6-8-10-12)19-14(16-17-18-19)11(3)15-5-2/h11-13,15H,4-10H2,1-3H3. The third kappa shape index (κ3) is 3.32. The molecule has 108 valence electrons. The highest BCUT2D eigenvalue weighted by Gasteiger charge is 2.27. The van der Waals surface area contributed by atoms with Crippen molar-refractivity contribution in [3.05, 3.63) is 5.82 Å². The maximum atomic E-state index is 4.28. The van der Waals surface area contributed by atoms with Gasteiger partial charge in [0.1, 0.15) is 0 Å². The zero-order valence-corrected chi connectivity index (χ0v) is 12.5. The van der Waals surface area contributed by atoms with Crippen LogP contribution in [0.5, 0.6) is 0 Å². The number of aromatic nitrogens is 4. The third-order valence-corrected chi connectivity index (χ3v) is 4.34. The molecule has 1 heterocycles. The number of nitrogens with zero attached hydrogens (tertiary/aromatic N) is 4. The first-order valence-electron chi connectivity index (χ1n) is 7.79. The van der Waals surface area contributed by atoms with E-state index in [0.717, 1.165) is 24.7 Å². The van der Waals surface area contributed by atoms with Crippen molar-refractivity contribution in [1.29, 1.82) is 0 Å². The van der Waals surface area contributed by atoms with E-state index in [1.54, 1.807) is 0 Å². The van der Waals surface area contributed by atoms with E-state index in [4.69, 9.17) is 0 Å². The molecule has 1 saturated carbocycles. The van der Waals surface area contributed by atoms with Gasteiger partial charge in [-0.1, -0.05) is 33.1 Å². The van der Waals surface area contributed by atoms with E-state index in [0.29, 0.717) is 6.04 Å². The Hall–Kier alpha value is -0.970. The molecular weight excluding hydrogens is 238 g/mol. The summed E-state index contributed by atoms with van der Waals surface area (Å²) in [6, 6.07) is 0.684. The second kappa shape index (κ2) is 6.98. The molecule has 2 atom stereocenters. The summed E-state index contributed by atoms with van der Waals surface area (Å²) < 4.78 is 2.09. The van der Waals surface area contributed by atoms with Crippen LogP contribution < -0.4 is 5.32 Å². The molecule has 0 aromatic carbocycles. The van der Waals surface area contributed by atoms with Gasteiger partial charge in [-0.2, -0.15) is 0 Å². The molecule has 5 heteroatoms. The van der Waals surface area contributed by atoms with E-state index in [9.17, 15) is 0 Å². The summed E-state index contributed by atoms with van der Waals surface area (Å²) in [6.45, 7) is 7.44. The topological polar surface area (TPSA) is 55.6 Å². The summed E-state index contributed by atoms with van der Waals surface area (Å²) in [6.07, 6.45) is 7.88. The first-order chi connectivity index (χ1) is 9.27. The normalized spacial score (nSPS) is 20.4. The molecule has 0 spiro atoms. The van der Waals surface area contributed by atoms with Crippen molar-refractivity contribution in [2.24, 2.45) is 5.92 Å². The molecule has 0 bridgehead atoms. The number of hydrogen-bond acceptors (Lipinski definition) is 4. The monoisotopic (exact) mass is 265 g/mol. The molecule has 5 nitrogen and oxygen atoms in total. The number of nitrogens with one attached hydrogen (secondary N) is 1. The Morgan fingerprint density at radius 2 is 2.00 bits per heavy atom. The number of tetrazole rings is 1. The van der Waals surface area contributed by atoms with Crippen LogP contribution in [0.25, 0.3) is 0 Å². The molecule has 2 rings (SSSR count). The van der Waals surface area contributed by atoms with Crippen molar-refractivity contribution in [1.82, 2.24) is 25.5 Å². The summed E-state index contributed by atoms with van der Waals surface area (Å²) in [5, 5.41) is 15.8. The van der Waals surface area contributed by atoms with Gasteiger partial charge in [-0.3, -0.25) is 0 Å². The lowest BCUT2D eigenvalue weighted by molar-refractivity contribution is 0.219. The van der Waals surface area contributed by atoms with Crippen LogP contribution in [0.3, 0.4) is 0 Å². The average molecular weight is 265 g/mol. The molecule has 1 aliphatic rings. The molecule has 2 unspecified atom stereocenters. The molecule has 1 aromatic heterocycles. The summed E-state index contributed by atoms with van der Waals surface area (Å²) in [7, 11) is 0. The maximum Gasteiger partial charge on any atom is 0.168 e. The molecule has 1 N–H and O–H groups in total. The fourth-order valence-electron chi connectivity index (χ4n) is 3.34. The van der Waals surface area contributed by atoms with Gasteiger partial charge in [-0.25, -0.2) is 4.68 Å². The molecule has 0 radical (unpaired) electrons. The Morgan fingerprint density at radius 1 is 1.26 bits per heavy atom. The van der Waals surface area contributed by atoms with Gasteiger partial charge in [-0.05, 0) is 49.1 Å². The van der Waals surface area contributed by atoms with Crippen molar-refractivity contribution < 1.29 is 0 Å². The Kier molecular flexibility index (Phi) is 5.31. The fourth-order valence-corrected chi connectivity index (χ4v) is 3.34. The van der Waals surface area contributed by atoms with E-state index >= 15 is 0 Å². The van der Waals surface area contributed by atoms with E-state index in [-0.39, 0.29) is 6.04 Å². The quantitative estimate of drug-likeness (QED) is 0.859. The summed E-state index contributed by atoms with van der Waals surface area (Å²) in [5.41, 5.74) is 0. The van der Waals surface area contributed by atoms with Gasteiger partial charge in [-0.15, -0.1) is 5.10 Å². The van der Waals surface area contributed by atoms with Gasteiger partial charge >= 0.3 is 0 Å². The first kappa shape index (κ1) is 14.4. The molecule has 0 amide bonds. The molecule has 1 aliphatic carbocycles. The Balaban J connectivity index is 2.15. The van der Waals surface area contributed by atoms with E-state index in [1.165, 1.54) is 32.1 Å². The third-order valence-electron chi connectivity index (χ3n) is 4.34. The first-order valence-corrected chi connectivity index (χ1v) is 7.79. The molecule has 19 heavy (non-hydrogen) atoms. The Bertz CT molecular complexity index is 370. The van der Waals surface area contributed by atoms with Crippen LogP contribution in [-0.2, 0) is 0 Å². The van der Waals surface area contributed by atoms with Gasteiger partial charge in [0.25, 0.3) is 0 Å². The largest absolute Gasteiger partial charge is 0.308 e. The van der Waals surface area contributed by atoms with Crippen molar-refractivity contribution in [3.8, 4) is 0 Å². The van der Waals surface area contributed by atoms with Crippen molar-refractivity contribution >= 4 is 0 Å². The van der Waals surface area contributed by atoms with Crippen LogP contribution in [0, 0.1) is 5.92 Å². The van der Waals surface area contributed by atoms with Crippen LogP contribution in [0.2, 0.25) is 0 Å². The molecule has 0 aliphatic heterocycles. The lowest BCUT2D eigenvalue weighted by Crippen LogP contribution is -2.28. The molecule has 1 aromatic rings. The lowest BCUT2D eigenvalue weighted by Gasteiger charge is -2.30. The van der Waals surface area contributed by atoms with E-state index < -0.39 is 0 Å². The molecule has 1 fully saturated rings. The minimum absolute atomic E-state index is 0.220. The maximum absolute atomic E-state index is 4.28. The zero-order chi connectivity index (χ0) is 13.7. The predicted octanol–water partition coefficient (Wildman–Crippen LogP) is 2.88. The summed E-state index contributed by atoms with van der Waals surface area (Å²) in [4.78, 5) is 0. The molecular formula is C14H27N5. The van der Waals surface area contributed by atoms with Crippen LogP contribution in [-0.4, -0.2) is 26.8 Å². The fraction of sp³-hybridized carbons (Fsp3) is 0.929. The number of hydrogen-bond donors (Lipinski definition) is 1. The smallest absolute Gasteiger partial charge is 0.168 e.